The number of hydrogen-bond acceptors (Lipinski definition) is 3. The van der Waals surface area contributed by atoms with Crippen LogP contribution in [0.15, 0.2) is 0 Å². The fourth-order valence-corrected chi connectivity index (χ4v) is 2.56. The molecule has 0 aromatic heterocycles. The SMILES string of the molecule is CCCC1C(=O)NC(CC)C(=O)N1C(C)CCOC. The second-order valence-corrected chi connectivity index (χ2v) is 5.15. The first-order valence-corrected chi connectivity index (χ1v) is 7.18. The molecule has 5 heteroatoms. The zero-order chi connectivity index (χ0) is 14.4. The summed E-state index contributed by atoms with van der Waals surface area (Å²) in [5.41, 5.74) is 0. The number of nitrogens with one attached hydrogen (secondary N) is 1. The number of methoxy groups -OCH3 is 1. The Labute approximate surface area is 115 Å². The van der Waals surface area contributed by atoms with Gasteiger partial charge in [-0.25, -0.2) is 0 Å². The van der Waals surface area contributed by atoms with Crippen molar-refractivity contribution in [3.8, 4) is 0 Å². The fourth-order valence-electron chi connectivity index (χ4n) is 2.56. The minimum absolute atomic E-state index is 0.0161. The molecule has 2 amide bonds. The standard InChI is InChI=1S/C14H26N2O3/c1-5-7-12-13(17)15-11(6-2)14(18)16(12)10(3)8-9-19-4/h10-12H,5-9H2,1-4H3,(H,15,17). The van der Waals surface area contributed by atoms with Crippen molar-refractivity contribution < 1.29 is 14.3 Å². The van der Waals surface area contributed by atoms with Crippen LogP contribution in [-0.2, 0) is 14.3 Å². The van der Waals surface area contributed by atoms with Crippen molar-refractivity contribution in [3.63, 3.8) is 0 Å². The van der Waals surface area contributed by atoms with Crippen molar-refractivity contribution in [3.05, 3.63) is 0 Å². The molecular formula is C14H26N2O3. The molecular weight excluding hydrogens is 244 g/mol. The third kappa shape index (κ3) is 3.69. The lowest BCUT2D eigenvalue weighted by atomic mass is 9.98. The summed E-state index contributed by atoms with van der Waals surface area (Å²) in [6, 6.07) is -0.665. The van der Waals surface area contributed by atoms with E-state index in [1.807, 2.05) is 20.8 Å². The van der Waals surface area contributed by atoms with Crippen molar-refractivity contribution in [2.75, 3.05) is 13.7 Å². The molecule has 0 radical (unpaired) electrons. The lowest BCUT2D eigenvalue weighted by Crippen LogP contribution is -2.65. The molecule has 0 bridgehead atoms. The molecule has 1 aliphatic rings. The molecule has 1 N–H and O–H groups in total. The predicted octanol–water partition coefficient (Wildman–Crippen LogP) is 1.32. The molecule has 0 saturated carbocycles. The Morgan fingerprint density at radius 3 is 2.58 bits per heavy atom. The average Bonchev–Trinajstić information content (AvgIpc) is 2.40. The second kappa shape index (κ2) is 7.48. The van der Waals surface area contributed by atoms with Gasteiger partial charge >= 0.3 is 0 Å². The summed E-state index contributed by atoms with van der Waals surface area (Å²) < 4.78 is 5.08. The van der Waals surface area contributed by atoms with Crippen molar-refractivity contribution in [2.45, 2.75) is 64.6 Å². The number of rotatable bonds is 7. The van der Waals surface area contributed by atoms with E-state index in [1.165, 1.54) is 0 Å². The summed E-state index contributed by atoms with van der Waals surface area (Å²) in [6.07, 6.45) is 2.99. The molecule has 3 unspecified atom stereocenters. The maximum absolute atomic E-state index is 12.5. The molecule has 1 fully saturated rings. The van der Waals surface area contributed by atoms with Crippen LogP contribution in [0, 0.1) is 0 Å². The van der Waals surface area contributed by atoms with Gasteiger partial charge in [-0.3, -0.25) is 9.59 Å². The fraction of sp³-hybridized carbons (Fsp3) is 0.857. The van der Waals surface area contributed by atoms with Gasteiger partial charge in [-0.05, 0) is 26.2 Å². The molecule has 0 aromatic carbocycles. The van der Waals surface area contributed by atoms with Gasteiger partial charge in [0.1, 0.15) is 12.1 Å². The van der Waals surface area contributed by atoms with E-state index in [0.29, 0.717) is 19.4 Å². The van der Waals surface area contributed by atoms with Crippen molar-refractivity contribution in [1.82, 2.24) is 10.2 Å². The van der Waals surface area contributed by atoms with Crippen molar-refractivity contribution >= 4 is 11.8 Å². The van der Waals surface area contributed by atoms with Crippen LogP contribution in [0.1, 0.15) is 46.5 Å². The summed E-state index contributed by atoms with van der Waals surface area (Å²) in [6.45, 7) is 6.54. The largest absolute Gasteiger partial charge is 0.385 e. The topological polar surface area (TPSA) is 58.6 Å². The minimum Gasteiger partial charge on any atom is -0.385 e. The summed E-state index contributed by atoms with van der Waals surface area (Å²) >= 11 is 0. The first-order valence-electron chi connectivity index (χ1n) is 7.18. The second-order valence-electron chi connectivity index (χ2n) is 5.15. The molecule has 1 rings (SSSR count). The van der Waals surface area contributed by atoms with Crippen LogP contribution in [0.2, 0.25) is 0 Å². The molecule has 0 aromatic rings. The Morgan fingerprint density at radius 1 is 1.37 bits per heavy atom. The number of piperazine rings is 1. The van der Waals surface area contributed by atoms with E-state index in [1.54, 1.807) is 12.0 Å². The Hall–Kier alpha value is -1.10. The zero-order valence-electron chi connectivity index (χ0n) is 12.4. The monoisotopic (exact) mass is 270 g/mol. The zero-order valence-corrected chi connectivity index (χ0v) is 12.4. The highest BCUT2D eigenvalue weighted by Crippen LogP contribution is 2.20. The third-order valence-corrected chi connectivity index (χ3v) is 3.69. The van der Waals surface area contributed by atoms with Crippen molar-refractivity contribution in [2.24, 2.45) is 0 Å². The van der Waals surface area contributed by atoms with Gasteiger partial charge < -0.3 is 15.0 Å². The number of nitrogens with zero attached hydrogens (tertiary/aromatic N) is 1. The lowest BCUT2D eigenvalue weighted by Gasteiger charge is -2.42. The van der Waals surface area contributed by atoms with Gasteiger partial charge in [0.2, 0.25) is 11.8 Å². The predicted molar refractivity (Wildman–Crippen MR) is 73.7 cm³/mol. The molecule has 1 heterocycles. The molecule has 1 aliphatic heterocycles. The number of carbonyl (C=O) groups excluding carboxylic acids is 2. The summed E-state index contributed by atoms with van der Waals surface area (Å²) in [4.78, 5) is 26.4. The number of amides is 2. The highest BCUT2D eigenvalue weighted by molar-refractivity contribution is 5.97. The van der Waals surface area contributed by atoms with Gasteiger partial charge in [0.15, 0.2) is 0 Å². The maximum atomic E-state index is 12.5. The summed E-state index contributed by atoms with van der Waals surface area (Å²) in [5.74, 6) is 0.0294. The van der Waals surface area contributed by atoms with Gasteiger partial charge in [0.25, 0.3) is 0 Å². The molecule has 0 spiro atoms. The van der Waals surface area contributed by atoms with E-state index in [9.17, 15) is 9.59 Å². The molecule has 0 aliphatic carbocycles. The van der Waals surface area contributed by atoms with Gasteiger partial charge in [0.05, 0.1) is 0 Å². The van der Waals surface area contributed by atoms with E-state index < -0.39 is 0 Å². The first kappa shape index (κ1) is 16.0. The van der Waals surface area contributed by atoms with Crippen LogP contribution in [0.25, 0.3) is 0 Å². The summed E-state index contributed by atoms with van der Waals surface area (Å²) in [5, 5.41) is 2.83. The van der Waals surface area contributed by atoms with E-state index >= 15 is 0 Å². The van der Waals surface area contributed by atoms with E-state index in [2.05, 4.69) is 5.32 Å². The number of carbonyl (C=O) groups is 2. The molecule has 3 atom stereocenters. The van der Waals surface area contributed by atoms with Gasteiger partial charge in [-0.1, -0.05) is 20.3 Å². The number of ether oxygens (including phenoxy) is 1. The van der Waals surface area contributed by atoms with Crippen LogP contribution in [0.4, 0.5) is 0 Å². The lowest BCUT2D eigenvalue weighted by molar-refractivity contribution is -0.152. The van der Waals surface area contributed by atoms with Crippen molar-refractivity contribution in [1.29, 1.82) is 0 Å². The molecule has 1 saturated heterocycles. The van der Waals surface area contributed by atoms with Crippen LogP contribution < -0.4 is 5.32 Å². The molecule has 19 heavy (non-hydrogen) atoms. The van der Waals surface area contributed by atoms with Crippen LogP contribution in [0.3, 0.4) is 0 Å². The van der Waals surface area contributed by atoms with Crippen LogP contribution in [-0.4, -0.2) is 48.6 Å². The highest BCUT2D eigenvalue weighted by atomic mass is 16.5. The highest BCUT2D eigenvalue weighted by Gasteiger charge is 2.41. The number of hydrogen-bond donors (Lipinski definition) is 1. The van der Waals surface area contributed by atoms with Crippen LogP contribution in [0.5, 0.6) is 0 Å². The third-order valence-electron chi connectivity index (χ3n) is 3.69. The van der Waals surface area contributed by atoms with Crippen LogP contribution >= 0.6 is 0 Å². The summed E-state index contributed by atoms with van der Waals surface area (Å²) in [7, 11) is 1.65. The quantitative estimate of drug-likeness (QED) is 0.759. The van der Waals surface area contributed by atoms with E-state index in [4.69, 9.17) is 4.74 Å². The smallest absolute Gasteiger partial charge is 0.246 e. The Bertz CT molecular complexity index is 320. The normalized spacial score (nSPS) is 25.4. The Balaban J connectivity index is 2.88. The molecule has 110 valence electrons. The van der Waals surface area contributed by atoms with Gasteiger partial charge in [-0.2, -0.15) is 0 Å². The minimum atomic E-state index is -0.370. The maximum Gasteiger partial charge on any atom is 0.246 e. The molecule has 5 nitrogen and oxygen atoms in total. The Morgan fingerprint density at radius 2 is 2.05 bits per heavy atom. The average molecular weight is 270 g/mol. The van der Waals surface area contributed by atoms with Gasteiger partial charge in [-0.15, -0.1) is 0 Å². The van der Waals surface area contributed by atoms with Gasteiger partial charge in [0, 0.05) is 19.8 Å². The first-order chi connectivity index (χ1) is 9.06. The van der Waals surface area contributed by atoms with E-state index in [0.717, 1.165) is 12.8 Å². The van der Waals surface area contributed by atoms with E-state index in [-0.39, 0.29) is 29.9 Å². The Kier molecular flexibility index (Phi) is 6.28.